The van der Waals surface area contributed by atoms with Crippen molar-refractivity contribution in [1.82, 2.24) is 0 Å². The maximum absolute atomic E-state index is 11.5. The summed E-state index contributed by atoms with van der Waals surface area (Å²) < 4.78 is 6.45. The summed E-state index contributed by atoms with van der Waals surface area (Å²) in [6.45, 7) is 11.5. The van der Waals surface area contributed by atoms with Crippen molar-refractivity contribution in [1.29, 1.82) is 0 Å². The van der Waals surface area contributed by atoms with Gasteiger partial charge in [0.15, 0.2) is 8.32 Å². The third kappa shape index (κ3) is 1.19. The van der Waals surface area contributed by atoms with Gasteiger partial charge in [0, 0.05) is 17.9 Å². The quantitative estimate of drug-likeness (QED) is 0.692. The number of fused-ring (bicyclic) bond motifs is 1. The van der Waals surface area contributed by atoms with Gasteiger partial charge in [0.2, 0.25) is 0 Å². The third-order valence-electron chi connectivity index (χ3n) is 5.46. The number of hydrogen-bond donors (Lipinski definition) is 0. The van der Waals surface area contributed by atoms with Gasteiger partial charge in [-0.1, -0.05) is 20.8 Å². The van der Waals surface area contributed by atoms with Crippen molar-refractivity contribution in [3.63, 3.8) is 0 Å². The summed E-state index contributed by atoms with van der Waals surface area (Å²) in [5, 5.41) is 0.286. The van der Waals surface area contributed by atoms with E-state index in [4.69, 9.17) is 4.43 Å². The van der Waals surface area contributed by atoms with Crippen LogP contribution in [0.3, 0.4) is 0 Å². The van der Waals surface area contributed by atoms with E-state index in [0.717, 1.165) is 12.3 Å². The first-order valence-electron chi connectivity index (χ1n) is 6.45. The monoisotopic (exact) mass is 238 g/mol. The second-order valence-electron chi connectivity index (χ2n) is 7.34. The van der Waals surface area contributed by atoms with E-state index in [1.165, 1.54) is 0 Å². The maximum atomic E-state index is 11.5. The van der Waals surface area contributed by atoms with Gasteiger partial charge in [-0.15, -0.1) is 0 Å². The first-order valence-corrected chi connectivity index (χ1v) is 9.36. The van der Waals surface area contributed by atoms with Crippen LogP contribution in [-0.4, -0.2) is 20.2 Å². The molecule has 0 aromatic carbocycles. The molecule has 3 rings (SSSR count). The zero-order valence-corrected chi connectivity index (χ0v) is 11.9. The summed E-state index contributed by atoms with van der Waals surface area (Å²) >= 11 is 0. The van der Waals surface area contributed by atoms with E-state index in [-0.39, 0.29) is 5.04 Å². The Morgan fingerprint density at radius 2 is 1.88 bits per heavy atom. The van der Waals surface area contributed by atoms with E-state index < -0.39 is 8.32 Å². The lowest BCUT2D eigenvalue weighted by molar-refractivity contribution is -0.132. The van der Waals surface area contributed by atoms with E-state index in [2.05, 4.69) is 33.9 Å². The second kappa shape index (κ2) is 2.81. The van der Waals surface area contributed by atoms with Crippen molar-refractivity contribution in [3.8, 4) is 0 Å². The molecule has 5 atom stereocenters. The normalized spacial score (nSPS) is 45.3. The zero-order chi connectivity index (χ0) is 11.9. The smallest absolute Gasteiger partial charge is 0.192 e. The summed E-state index contributed by atoms with van der Waals surface area (Å²) in [5.74, 6) is 2.72. The lowest BCUT2D eigenvalue weighted by atomic mass is 9.80. The van der Waals surface area contributed by atoms with Gasteiger partial charge in [0.25, 0.3) is 0 Å². The first-order chi connectivity index (χ1) is 7.24. The number of ketones is 1. The van der Waals surface area contributed by atoms with Gasteiger partial charge in [0.1, 0.15) is 5.78 Å². The van der Waals surface area contributed by atoms with Gasteiger partial charge in [0.05, 0.1) is 0 Å². The first kappa shape index (κ1) is 11.0. The Balaban J connectivity index is 1.68. The molecule has 0 heterocycles. The minimum atomic E-state index is -1.63. The molecule has 0 N–H and O–H groups in total. The molecule has 0 aromatic rings. The molecular weight excluding hydrogens is 216 g/mol. The lowest BCUT2D eigenvalue weighted by Crippen LogP contribution is -2.46. The van der Waals surface area contributed by atoms with E-state index in [1.54, 1.807) is 0 Å². The van der Waals surface area contributed by atoms with Gasteiger partial charge >= 0.3 is 0 Å². The molecule has 3 aliphatic rings. The van der Waals surface area contributed by atoms with E-state index in [9.17, 15) is 4.79 Å². The van der Waals surface area contributed by atoms with Crippen LogP contribution in [0.5, 0.6) is 0 Å². The Morgan fingerprint density at radius 3 is 2.25 bits per heavy atom. The van der Waals surface area contributed by atoms with Crippen molar-refractivity contribution in [2.24, 2.45) is 23.7 Å². The van der Waals surface area contributed by atoms with Gasteiger partial charge in [-0.2, -0.15) is 0 Å². The van der Waals surface area contributed by atoms with Crippen molar-refractivity contribution in [2.75, 3.05) is 0 Å². The Bertz CT molecular complexity index is 355. The number of hydrogen-bond acceptors (Lipinski definition) is 2. The highest BCUT2D eigenvalue weighted by molar-refractivity contribution is 6.74. The fraction of sp³-hybridized carbons (Fsp3) is 0.923. The zero-order valence-electron chi connectivity index (χ0n) is 10.9. The Labute approximate surface area is 98.9 Å². The summed E-state index contributed by atoms with van der Waals surface area (Å²) in [6.07, 6.45) is 1.44. The second-order valence-corrected chi connectivity index (χ2v) is 12.1. The molecule has 0 saturated heterocycles. The van der Waals surface area contributed by atoms with Crippen LogP contribution in [0.1, 0.15) is 27.2 Å². The fourth-order valence-corrected chi connectivity index (χ4v) is 4.78. The molecule has 0 aromatic heterocycles. The fourth-order valence-electron chi connectivity index (χ4n) is 3.42. The predicted octanol–water partition coefficient (Wildman–Crippen LogP) is 2.84. The van der Waals surface area contributed by atoms with Crippen LogP contribution in [0.25, 0.3) is 0 Å². The molecule has 5 unspecified atom stereocenters. The molecule has 3 fully saturated rings. The highest BCUT2D eigenvalue weighted by Gasteiger charge is 2.76. The Hall–Kier alpha value is -0.153. The van der Waals surface area contributed by atoms with Gasteiger partial charge in [-0.25, -0.2) is 0 Å². The van der Waals surface area contributed by atoms with Crippen molar-refractivity contribution < 1.29 is 9.22 Å². The summed E-state index contributed by atoms with van der Waals surface area (Å²) in [6, 6.07) is 0. The van der Waals surface area contributed by atoms with Crippen LogP contribution in [-0.2, 0) is 9.22 Å². The molecule has 0 amide bonds. The van der Waals surface area contributed by atoms with Crippen LogP contribution in [0.2, 0.25) is 18.1 Å². The van der Waals surface area contributed by atoms with Gasteiger partial charge in [-0.3, -0.25) is 4.79 Å². The lowest BCUT2D eigenvalue weighted by Gasteiger charge is -2.40. The molecule has 16 heavy (non-hydrogen) atoms. The molecular formula is C13H22O2Si. The van der Waals surface area contributed by atoms with Crippen molar-refractivity contribution in [2.45, 2.75) is 51.4 Å². The van der Waals surface area contributed by atoms with Crippen LogP contribution in [0.15, 0.2) is 0 Å². The predicted molar refractivity (Wildman–Crippen MR) is 65.7 cm³/mol. The van der Waals surface area contributed by atoms with Crippen LogP contribution in [0.4, 0.5) is 0 Å². The Kier molecular flexibility index (Phi) is 1.92. The van der Waals surface area contributed by atoms with E-state index in [0.29, 0.717) is 29.6 Å². The number of rotatable bonds is 2. The highest BCUT2D eigenvalue weighted by atomic mass is 28.4. The SMILES string of the molecule is CC(C)(C)[Si](C)(C)OC1CC2C(=O)C3C1C23. The molecule has 2 nitrogen and oxygen atoms in total. The van der Waals surface area contributed by atoms with Crippen LogP contribution < -0.4 is 0 Å². The number of Topliss-reactive ketones (excluding diaryl/α,β-unsaturated/α-hetero) is 1. The molecule has 3 aliphatic carbocycles. The topological polar surface area (TPSA) is 26.3 Å². The molecule has 0 spiro atoms. The summed E-state index contributed by atoms with van der Waals surface area (Å²) in [4.78, 5) is 11.5. The number of carbonyl (C=O) groups excluding carboxylic acids is 1. The third-order valence-corrected chi connectivity index (χ3v) is 9.96. The summed E-state index contributed by atoms with van der Waals surface area (Å²) in [7, 11) is -1.63. The minimum absolute atomic E-state index is 0.286. The molecule has 0 aliphatic heterocycles. The van der Waals surface area contributed by atoms with Crippen LogP contribution >= 0.6 is 0 Å². The number of carbonyl (C=O) groups is 1. The Morgan fingerprint density at radius 1 is 1.25 bits per heavy atom. The van der Waals surface area contributed by atoms with E-state index >= 15 is 0 Å². The summed E-state index contributed by atoms with van der Waals surface area (Å²) in [5.41, 5.74) is 0. The highest BCUT2D eigenvalue weighted by Crippen LogP contribution is 2.71. The maximum Gasteiger partial charge on any atom is 0.192 e. The standard InChI is InChI=1S/C13H22O2Si/c1-13(2,3)16(4,5)15-8-6-7-9-10(8)11(9)12(7)14/h7-11H,6H2,1-5H3. The van der Waals surface area contributed by atoms with Gasteiger partial charge < -0.3 is 4.43 Å². The largest absolute Gasteiger partial charge is 0.414 e. The van der Waals surface area contributed by atoms with Gasteiger partial charge in [-0.05, 0) is 36.4 Å². The van der Waals surface area contributed by atoms with Crippen molar-refractivity contribution >= 4 is 14.1 Å². The minimum Gasteiger partial charge on any atom is -0.414 e. The van der Waals surface area contributed by atoms with E-state index in [1.807, 2.05) is 0 Å². The van der Waals surface area contributed by atoms with Crippen LogP contribution in [0, 0.1) is 23.7 Å². The molecule has 0 radical (unpaired) electrons. The van der Waals surface area contributed by atoms with Crippen molar-refractivity contribution in [3.05, 3.63) is 0 Å². The molecule has 90 valence electrons. The average Bonchev–Trinajstić information content (AvgIpc) is 2.71. The molecule has 3 heteroatoms. The molecule has 3 saturated carbocycles. The molecule has 0 bridgehead atoms. The average molecular weight is 238 g/mol.